The van der Waals surface area contributed by atoms with Crippen LogP contribution in [0.25, 0.3) is 11.4 Å². The lowest BCUT2D eigenvalue weighted by molar-refractivity contribution is 0.139. The van der Waals surface area contributed by atoms with Gasteiger partial charge < -0.3 is 9.80 Å². The molecule has 0 radical (unpaired) electrons. The van der Waals surface area contributed by atoms with Crippen molar-refractivity contribution in [3.05, 3.63) is 53.1 Å². The van der Waals surface area contributed by atoms with Crippen LogP contribution in [0.1, 0.15) is 23.7 Å². The predicted octanol–water partition coefficient (Wildman–Crippen LogP) is 2.67. The summed E-state index contributed by atoms with van der Waals surface area (Å²) >= 11 is 0. The molecule has 1 atom stereocenters. The summed E-state index contributed by atoms with van der Waals surface area (Å²) in [5.74, 6) is -1.66. The second-order valence-electron chi connectivity index (χ2n) is 8.37. The van der Waals surface area contributed by atoms with Gasteiger partial charge in [-0.25, -0.2) is 37.6 Å². The van der Waals surface area contributed by atoms with Gasteiger partial charge in [0.25, 0.3) is 0 Å². The summed E-state index contributed by atoms with van der Waals surface area (Å²) in [5.41, 5.74) is 1.46. The van der Waals surface area contributed by atoms with Gasteiger partial charge in [0.15, 0.2) is 5.82 Å². The lowest BCUT2D eigenvalue weighted by Gasteiger charge is -2.37. The molecule has 13 heteroatoms. The Morgan fingerprint density at radius 2 is 1.77 bits per heavy atom. The first kappa shape index (κ1) is 22.7. The number of amides is 2. The highest BCUT2D eigenvalue weighted by Crippen LogP contribution is 2.31. The molecule has 5 rings (SSSR count). The second-order valence-corrected chi connectivity index (χ2v) is 8.37. The first-order valence-corrected chi connectivity index (χ1v) is 11.0. The average molecular weight is 485 g/mol. The molecule has 0 aliphatic carbocycles. The zero-order valence-corrected chi connectivity index (χ0v) is 19.1. The Morgan fingerprint density at radius 1 is 1.06 bits per heavy atom. The number of piperazine rings is 1. The number of urea groups is 1. The molecule has 2 amide bonds. The third-order valence-corrected chi connectivity index (χ3v) is 6.08. The van der Waals surface area contributed by atoms with Gasteiger partial charge in [0.2, 0.25) is 5.95 Å². The number of hydrazone groups is 1. The van der Waals surface area contributed by atoms with Crippen molar-refractivity contribution in [2.24, 2.45) is 12.1 Å². The van der Waals surface area contributed by atoms with Crippen LogP contribution < -0.4 is 4.90 Å². The quantitative estimate of drug-likeness (QED) is 0.566. The highest BCUT2D eigenvalue weighted by Gasteiger charge is 2.34. The van der Waals surface area contributed by atoms with Gasteiger partial charge >= 0.3 is 6.03 Å². The number of hydrogen-bond acceptors (Lipinski definition) is 7. The molecular formula is C22H22F3N9O. The maximum Gasteiger partial charge on any atom is 0.341 e. The molecular weight excluding hydrogens is 463 g/mol. The maximum absolute atomic E-state index is 14.5. The monoisotopic (exact) mass is 485 g/mol. The zero-order valence-electron chi connectivity index (χ0n) is 19.1. The smallest absolute Gasteiger partial charge is 0.337 e. The summed E-state index contributed by atoms with van der Waals surface area (Å²) in [6, 6.07) is 2.28. The minimum absolute atomic E-state index is 0.107. The SMILES string of the molecule is Cc1nnn(C)c1-c1nc(N2CCN(C(=O)N3N=CCC3c3cc(F)cc(F)c3)CC2)ncc1F. The minimum atomic E-state index is -0.705. The molecule has 1 fully saturated rings. The van der Waals surface area contributed by atoms with E-state index in [0.717, 1.165) is 12.3 Å². The molecule has 0 N–H and O–H groups in total. The van der Waals surface area contributed by atoms with Gasteiger partial charge in [0.1, 0.15) is 23.0 Å². The normalized spacial score (nSPS) is 18.0. The molecule has 1 unspecified atom stereocenters. The summed E-state index contributed by atoms with van der Waals surface area (Å²) in [7, 11) is 1.66. The summed E-state index contributed by atoms with van der Waals surface area (Å²) in [6.07, 6.45) is 3.04. The summed E-state index contributed by atoms with van der Waals surface area (Å²) in [4.78, 5) is 25.2. The molecule has 4 heterocycles. The van der Waals surface area contributed by atoms with Crippen molar-refractivity contribution in [3.8, 4) is 11.4 Å². The van der Waals surface area contributed by atoms with E-state index in [1.54, 1.807) is 25.1 Å². The fraction of sp³-hybridized carbons (Fsp3) is 0.364. The molecule has 0 saturated carbocycles. The summed E-state index contributed by atoms with van der Waals surface area (Å²) < 4.78 is 43.4. The van der Waals surface area contributed by atoms with Crippen molar-refractivity contribution in [1.29, 1.82) is 0 Å². The number of anilines is 1. The van der Waals surface area contributed by atoms with Crippen molar-refractivity contribution >= 4 is 18.2 Å². The van der Waals surface area contributed by atoms with E-state index in [2.05, 4.69) is 25.4 Å². The lowest BCUT2D eigenvalue weighted by atomic mass is 10.0. The highest BCUT2D eigenvalue weighted by molar-refractivity contribution is 5.78. The summed E-state index contributed by atoms with van der Waals surface area (Å²) in [6.45, 7) is 3.24. The molecule has 0 spiro atoms. The zero-order chi connectivity index (χ0) is 24.7. The van der Waals surface area contributed by atoms with Crippen molar-refractivity contribution in [2.75, 3.05) is 31.1 Å². The number of halogens is 3. The highest BCUT2D eigenvalue weighted by atomic mass is 19.1. The van der Waals surface area contributed by atoms with Crippen LogP contribution >= 0.6 is 0 Å². The van der Waals surface area contributed by atoms with Crippen LogP contribution in [-0.4, -0.2) is 73.3 Å². The lowest BCUT2D eigenvalue weighted by Crippen LogP contribution is -2.52. The van der Waals surface area contributed by atoms with E-state index in [0.29, 0.717) is 55.5 Å². The first-order chi connectivity index (χ1) is 16.8. The number of benzene rings is 1. The Labute approximate surface area is 198 Å². The Balaban J connectivity index is 1.29. The van der Waals surface area contributed by atoms with Crippen LogP contribution in [0.3, 0.4) is 0 Å². The Kier molecular flexibility index (Phi) is 5.83. The van der Waals surface area contributed by atoms with Gasteiger partial charge in [-0.3, -0.25) is 0 Å². The van der Waals surface area contributed by atoms with Gasteiger partial charge in [-0.05, 0) is 24.6 Å². The number of rotatable bonds is 3. The third kappa shape index (κ3) is 4.29. The molecule has 35 heavy (non-hydrogen) atoms. The Morgan fingerprint density at radius 3 is 2.43 bits per heavy atom. The Bertz CT molecular complexity index is 1260. The van der Waals surface area contributed by atoms with Gasteiger partial charge in [-0.1, -0.05) is 5.21 Å². The topological polar surface area (TPSA) is 95.6 Å². The van der Waals surface area contributed by atoms with Gasteiger partial charge in [0, 0.05) is 51.9 Å². The van der Waals surface area contributed by atoms with Crippen LogP contribution in [0.4, 0.5) is 23.9 Å². The predicted molar refractivity (Wildman–Crippen MR) is 120 cm³/mol. The standard InChI is InChI=1S/C22H22F3N9O/c1-13-20(31(2)30-29-13)19-17(25)12-26-21(28-19)32-5-7-33(8-6-32)22(35)34-18(3-4-27-34)14-9-15(23)11-16(24)10-14/h4,9-12,18H,3,5-8H2,1-2H3. The molecule has 2 aliphatic heterocycles. The first-order valence-electron chi connectivity index (χ1n) is 11.0. The van der Waals surface area contributed by atoms with Crippen LogP contribution in [0.5, 0.6) is 0 Å². The molecule has 1 aromatic carbocycles. The van der Waals surface area contributed by atoms with Gasteiger partial charge in [-0.2, -0.15) is 5.10 Å². The largest absolute Gasteiger partial charge is 0.341 e. The molecule has 0 bridgehead atoms. The van der Waals surface area contributed by atoms with Crippen molar-refractivity contribution < 1.29 is 18.0 Å². The van der Waals surface area contributed by atoms with Crippen molar-refractivity contribution in [2.45, 2.75) is 19.4 Å². The van der Waals surface area contributed by atoms with E-state index in [-0.39, 0.29) is 11.7 Å². The Hall–Kier alpha value is -4.03. The fourth-order valence-corrected chi connectivity index (χ4v) is 4.35. The molecule has 10 nitrogen and oxygen atoms in total. The molecule has 2 aliphatic rings. The molecule has 3 aromatic rings. The average Bonchev–Trinajstić information content (AvgIpc) is 3.45. The molecule has 182 valence electrons. The van der Waals surface area contributed by atoms with E-state index in [1.807, 2.05) is 4.90 Å². The molecule has 1 saturated heterocycles. The van der Waals surface area contributed by atoms with Gasteiger partial charge in [-0.15, -0.1) is 5.10 Å². The van der Waals surface area contributed by atoms with Crippen molar-refractivity contribution in [3.63, 3.8) is 0 Å². The van der Waals surface area contributed by atoms with Crippen LogP contribution in [0, 0.1) is 24.4 Å². The van der Waals surface area contributed by atoms with Crippen LogP contribution in [0.15, 0.2) is 29.5 Å². The minimum Gasteiger partial charge on any atom is -0.337 e. The fourth-order valence-electron chi connectivity index (χ4n) is 4.35. The maximum atomic E-state index is 14.5. The number of nitrogens with zero attached hydrogens (tertiary/aromatic N) is 9. The number of hydrogen-bond donors (Lipinski definition) is 0. The number of aryl methyl sites for hydroxylation is 2. The molecule has 2 aromatic heterocycles. The number of aromatic nitrogens is 5. The van der Waals surface area contributed by atoms with E-state index in [9.17, 15) is 18.0 Å². The second kappa shape index (κ2) is 8.96. The van der Waals surface area contributed by atoms with E-state index < -0.39 is 23.5 Å². The summed E-state index contributed by atoms with van der Waals surface area (Å²) in [5, 5.41) is 13.3. The third-order valence-electron chi connectivity index (χ3n) is 6.08. The van der Waals surface area contributed by atoms with Crippen LogP contribution in [-0.2, 0) is 7.05 Å². The van der Waals surface area contributed by atoms with Crippen molar-refractivity contribution in [1.82, 2.24) is 34.9 Å². The number of carbonyl (C=O) groups excluding carboxylic acids is 1. The van der Waals surface area contributed by atoms with Crippen LogP contribution in [0.2, 0.25) is 0 Å². The van der Waals surface area contributed by atoms with E-state index in [4.69, 9.17) is 0 Å². The van der Waals surface area contributed by atoms with E-state index in [1.165, 1.54) is 21.8 Å². The van der Waals surface area contributed by atoms with E-state index >= 15 is 0 Å². The number of carbonyl (C=O) groups is 1. The van der Waals surface area contributed by atoms with Gasteiger partial charge in [0.05, 0.1) is 17.9 Å².